The number of pyridine rings is 1. The van der Waals surface area contributed by atoms with Crippen molar-refractivity contribution in [3.8, 4) is 5.75 Å². The van der Waals surface area contributed by atoms with Crippen LogP contribution in [0.5, 0.6) is 5.75 Å². The van der Waals surface area contributed by atoms with Crippen LogP contribution in [0.15, 0.2) is 24.3 Å². The summed E-state index contributed by atoms with van der Waals surface area (Å²) in [6.45, 7) is 5.01. The van der Waals surface area contributed by atoms with Gasteiger partial charge in [0.2, 0.25) is 0 Å². The molecule has 0 saturated heterocycles. The molecule has 0 unspecified atom stereocenters. The molecular weight excluding hydrogens is 224 g/mol. The first-order chi connectivity index (χ1) is 8.78. The van der Waals surface area contributed by atoms with E-state index in [4.69, 9.17) is 4.74 Å². The Morgan fingerprint density at radius 3 is 2.72 bits per heavy atom. The lowest BCUT2D eigenvalue weighted by Gasteiger charge is -2.10. The molecule has 1 N–H and O–H groups in total. The molecule has 2 aromatic rings. The van der Waals surface area contributed by atoms with E-state index in [1.807, 2.05) is 19.2 Å². The lowest BCUT2D eigenvalue weighted by molar-refractivity contribution is 0.318. The van der Waals surface area contributed by atoms with Gasteiger partial charge in [-0.25, -0.2) is 4.98 Å². The van der Waals surface area contributed by atoms with Gasteiger partial charge < -0.3 is 10.1 Å². The van der Waals surface area contributed by atoms with Gasteiger partial charge in [-0.15, -0.1) is 0 Å². The second-order valence-electron chi connectivity index (χ2n) is 4.30. The highest BCUT2D eigenvalue weighted by molar-refractivity contribution is 5.83. The minimum Gasteiger partial charge on any atom is -0.494 e. The van der Waals surface area contributed by atoms with E-state index < -0.39 is 0 Å². The number of nitrogens with one attached hydrogen (secondary N) is 1. The molecule has 0 radical (unpaired) electrons. The van der Waals surface area contributed by atoms with Gasteiger partial charge in [-0.2, -0.15) is 0 Å². The molecule has 0 atom stereocenters. The Labute approximate surface area is 108 Å². The van der Waals surface area contributed by atoms with Crippen LogP contribution in [0.3, 0.4) is 0 Å². The molecule has 3 heteroatoms. The van der Waals surface area contributed by atoms with Crippen LogP contribution in [0.2, 0.25) is 0 Å². The second-order valence-corrected chi connectivity index (χ2v) is 4.30. The predicted molar refractivity (Wildman–Crippen MR) is 76.5 cm³/mol. The minimum absolute atomic E-state index is 0.758. The van der Waals surface area contributed by atoms with Gasteiger partial charge >= 0.3 is 0 Å². The summed E-state index contributed by atoms with van der Waals surface area (Å²) in [6.07, 6.45) is 1.99. The van der Waals surface area contributed by atoms with Crippen molar-refractivity contribution in [3.05, 3.63) is 29.8 Å². The average molecular weight is 244 g/mol. The summed E-state index contributed by atoms with van der Waals surface area (Å²) >= 11 is 0. The molecule has 3 nitrogen and oxygen atoms in total. The molecule has 0 fully saturated rings. The van der Waals surface area contributed by atoms with Crippen molar-refractivity contribution in [1.29, 1.82) is 0 Å². The van der Waals surface area contributed by atoms with Crippen LogP contribution in [0.25, 0.3) is 10.9 Å². The third kappa shape index (κ3) is 2.55. The second kappa shape index (κ2) is 5.71. The monoisotopic (exact) mass is 244 g/mol. The number of hydrogen-bond donors (Lipinski definition) is 1. The van der Waals surface area contributed by atoms with Crippen molar-refractivity contribution in [2.45, 2.75) is 26.7 Å². The van der Waals surface area contributed by atoms with E-state index in [1.54, 1.807) is 0 Å². The van der Waals surface area contributed by atoms with Crippen molar-refractivity contribution in [3.63, 3.8) is 0 Å². The number of aryl methyl sites for hydroxylation is 1. The number of benzene rings is 1. The SMILES string of the molecule is CCCOc1ccc2nc(NC)c(CC)cc2c1. The fourth-order valence-electron chi connectivity index (χ4n) is 1.99. The largest absolute Gasteiger partial charge is 0.494 e. The van der Waals surface area contributed by atoms with E-state index in [-0.39, 0.29) is 0 Å². The Bertz CT molecular complexity index is 537. The van der Waals surface area contributed by atoms with Gasteiger partial charge in [-0.05, 0) is 42.7 Å². The zero-order chi connectivity index (χ0) is 13.0. The van der Waals surface area contributed by atoms with E-state index in [0.29, 0.717) is 0 Å². The molecule has 18 heavy (non-hydrogen) atoms. The van der Waals surface area contributed by atoms with Crippen molar-refractivity contribution in [2.75, 3.05) is 19.0 Å². The Morgan fingerprint density at radius 1 is 1.22 bits per heavy atom. The number of ether oxygens (including phenoxy) is 1. The summed E-state index contributed by atoms with van der Waals surface area (Å²) in [7, 11) is 1.91. The van der Waals surface area contributed by atoms with Crippen LogP contribution in [-0.2, 0) is 6.42 Å². The summed E-state index contributed by atoms with van der Waals surface area (Å²) in [5.74, 6) is 1.89. The number of aromatic nitrogens is 1. The Morgan fingerprint density at radius 2 is 2.06 bits per heavy atom. The molecule has 0 aliphatic heterocycles. The fraction of sp³-hybridized carbons (Fsp3) is 0.400. The maximum absolute atomic E-state index is 5.65. The molecule has 2 rings (SSSR count). The molecule has 1 heterocycles. The lowest BCUT2D eigenvalue weighted by Crippen LogP contribution is -1.99. The number of hydrogen-bond acceptors (Lipinski definition) is 3. The van der Waals surface area contributed by atoms with Gasteiger partial charge in [-0.1, -0.05) is 13.8 Å². The third-order valence-electron chi connectivity index (χ3n) is 2.96. The van der Waals surface area contributed by atoms with Crippen LogP contribution in [-0.4, -0.2) is 18.6 Å². The molecule has 0 spiro atoms. The van der Waals surface area contributed by atoms with Crippen molar-refractivity contribution in [1.82, 2.24) is 4.98 Å². The lowest BCUT2D eigenvalue weighted by atomic mass is 10.1. The predicted octanol–water partition coefficient (Wildman–Crippen LogP) is 3.63. The molecule has 0 aliphatic rings. The fourth-order valence-corrected chi connectivity index (χ4v) is 1.99. The third-order valence-corrected chi connectivity index (χ3v) is 2.96. The van der Waals surface area contributed by atoms with E-state index in [1.165, 1.54) is 5.56 Å². The van der Waals surface area contributed by atoms with Crippen LogP contribution < -0.4 is 10.1 Å². The molecule has 96 valence electrons. The summed E-state index contributed by atoms with van der Waals surface area (Å²) in [6, 6.07) is 8.25. The first-order valence-corrected chi connectivity index (χ1v) is 6.52. The summed E-state index contributed by atoms with van der Waals surface area (Å²) in [5.41, 5.74) is 2.23. The highest BCUT2D eigenvalue weighted by Crippen LogP contribution is 2.24. The Kier molecular flexibility index (Phi) is 4.03. The van der Waals surface area contributed by atoms with Gasteiger partial charge in [-0.3, -0.25) is 0 Å². The highest BCUT2D eigenvalue weighted by Gasteiger charge is 2.05. The first-order valence-electron chi connectivity index (χ1n) is 6.52. The molecule has 0 saturated carbocycles. The van der Waals surface area contributed by atoms with Gasteiger partial charge in [0.25, 0.3) is 0 Å². The zero-order valence-electron chi connectivity index (χ0n) is 11.3. The van der Waals surface area contributed by atoms with E-state index in [2.05, 4.69) is 36.3 Å². The van der Waals surface area contributed by atoms with Crippen molar-refractivity contribution < 1.29 is 4.74 Å². The number of rotatable bonds is 5. The molecule has 1 aromatic heterocycles. The number of nitrogens with zero attached hydrogens (tertiary/aromatic N) is 1. The average Bonchev–Trinajstić information content (AvgIpc) is 2.43. The molecule has 0 amide bonds. The number of anilines is 1. The first kappa shape index (κ1) is 12.7. The maximum Gasteiger partial charge on any atom is 0.129 e. The van der Waals surface area contributed by atoms with E-state index in [9.17, 15) is 0 Å². The van der Waals surface area contributed by atoms with Crippen LogP contribution in [0, 0.1) is 0 Å². The molecule has 0 aliphatic carbocycles. The van der Waals surface area contributed by atoms with Gasteiger partial charge in [0.15, 0.2) is 0 Å². The van der Waals surface area contributed by atoms with E-state index in [0.717, 1.165) is 41.9 Å². The minimum atomic E-state index is 0.758. The van der Waals surface area contributed by atoms with Crippen molar-refractivity contribution >= 4 is 16.7 Å². The summed E-state index contributed by atoms with van der Waals surface area (Å²) in [5, 5.41) is 4.28. The van der Waals surface area contributed by atoms with Crippen LogP contribution in [0.4, 0.5) is 5.82 Å². The Balaban J connectivity index is 2.42. The Hall–Kier alpha value is -1.77. The molecule has 0 bridgehead atoms. The van der Waals surface area contributed by atoms with Crippen molar-refractivity contribution in [2.24, 2.45) is 0 Å². The number of fused-ring (bicyclic) bond motifs is 1. The topological polar surface area (TPSA) is 34.1 Å². The normalized spacial score (nSPS) is 10.6. The van der Waals surface area contributed by atoms with Gasteiger partial charge in [0.05, 0.1) is 12.1 Å². The van der Waals surface area contributed by atoms with Gasteiger partial charge in [0, 0.05) is 12.4 Å². The highest BCUT2D eigenvalue weighted by atomic mass is 16.5. The van der Waals surface area contributed by atoms with Crippen LogP contribution >= 0.6 is 0 Å². The zero-order valence-corrected chi connectivity index (χ0v) is 11.3. The smallest absolute Gasteiger partial charge is 0.129 e. The summed E-state index contributed by atoms with van der Waals surface area (Å²) < 4.78 is 5.65. The standard InChI is InChI=1S/C15H20N2O/c1-4-8-18-13-6-7-14-12(10-13)9-11(5-2)15(16-3)17-14/h6-7,9-10H,4-5,8H2,1-3H3,(H,16,17). The van der Waals surface area contributed by atoms with E-state index >= 15 is 0 Å². The van der Waals surface area contributed by atoms with Crippen LogP contribution in [0.1, 0.15) is 25.8 Å². The maximum atomic E-state index is 5.65. The van der Waals surface area contributed by atoms with Gasteiger partial charge in [0.1, 0.15) is 11.6 Å². The quantitative estimate of drug-likeness (QED) is 0.872. The summed E-state index contributed by atoms with van der Waals surface area (Å²) in [4.78, 5) is 4.62. The molecular formula is C15H20N2O. The molecule has 1 aromatic carbocycles.